The highest BCUT2D eigenvalue weighted by Crippen LogP contribution is 2.38. The number of rotatable bonds is 4. The predicted molar refractivity (Wildman–Crippen MR) is 186 cm³/mol. The molecule has 0 fully saturated rings. The molecule has 9 aromatic rings. The third-order valence-corrected chi connectivity index (χ3v) is 8.86. The van der Waals surface area contributed by atoms with Crippen LogP contribution in [0.3, 0.4) is 0 Å². The summed E-state index contributed by atoms with van der Waals surface area (Å²) in [7, 11) is 0. The SMILES string of the molecule is c1ccc(-c2cc(-c3ccccc3)cc(-n3c4ccccc4c4cc5cc6ccn(-c7ccccc7)c6cc5cc43)c2)cc1. The van der Waals surface area contributed by atoms with Crippen LogP contribution in [0, 0.1) is 0 Å². The lowest BCUT2D eigenvalue weighted by Gasteiger charge is -2.14. The lowest BCUT2D eigenvalue weighted by Crippen LogP contribution is -1.96. The van der Waals surface area contributed by atoms with Crippen LogP contribution in [0.4, 0.5) is 0 Å². The first kappa shape index (κ1) is 24.7. The largest absolute Gasteiger partial charge is 0.317 e. The van der Waals surface area contributed by atoms with E-state index in [0.717, 1.165) is 5.69 Å². The summed E-state index contributed by atoms with van der Waals surface area (Å²) < 4.78 is 4.73. The van der Waals surface area contributed by atoms with Gasteiger partial charge < -0.3 is 9.13 Å². The van der Waals surface area contributed by atoms with Gasteiger partial charge in [-0.3, -0.25) is 0 Å². The fraction of sp³-hybridized carbons (Fsp3) is 0. The summed E-state index contributed by atoms with van der Waals surface area (Å²) in [6, 6.07) is 59.4. The standard InChI is InChI=1S/C42H28N2/c1-4-12-29(13-5-1)32-23-33(30-14-6-2-7-15-30)25-37(24-32)44-40-19-11-10-18-38(40)39-26-34-22-31-20-21-43(36-16-8-3-9-17-36)41(31)27-35(34)28-42(39)44/h1-28H. The van der Waals surface area contributed by atoms with Crippen molar-refractivity contribution < 1.29 is 0 Å². The molecule has 0 atom stereocenters. The summed E-state index contributed by atoms with van der Waals surface area (Å²) in [4.78, 5) is 0. The van der Waals surface area contributed by atoms with Gasteiger partial charge in [-0.2, -0.15) is 0 Å². The number of para-hydroxylation sites is 2. The van der Waals surface area contributed by atoms with Gasteiger partial charge in [0, 0.05) is 33.7 Å². The maximum Gasteiger partial charge on any atom is 0.0547 e. The lowest BCUT2D eigenvalue weighted by molar-refractivity contribution is 1.13. The second-order valence-corrected chi connectivity index (χ2v) is 11.5. The molecule has 9 rings (SSSR count). The van der Waals surface area contributed by atoms with Crippen LogP contribution in [0.25, 0.3) is 77.1 Å². The van der Waals surface area contributed by atoms with E-state index in [9.17, 15) is 0 Å². The zero-order valence-electron chi connectivity index (χ0n) is 24.1. The molecule has 2 aromatic heterocycles. The van der Waals surface area contributed by atoms with Crippen molar-refractivity contribution in [2.75, 3.05) is 0 Å². The second kappa shape index (κ2) is 9.86. The molecule has 0 saturated carbocycles. The Hall–Kier alpha value is -5.86. The van der Waals surface area contributed by atoms with Crippen molar-refractivity contribution in [3.63, 3.8) is 0 Å². The number of hydrogen-bond acceptors (Lipinski definition) is 0. The Balaban J connectivity index is 1.34. The molecule has 0 aliphatic rings. The van der Waals surface area contributed by atoms with Crippen molar-refractivity contribution >= 4 is 43.5 Å². The Bertz CT molecular complexity index is 2410. The molecular formula is C42H28N2. The van der Waals surface area contributed by atoms with Crippen molar-refractivity contribution in [3.8, 4) is 33.6 Å². The first-order chi connectivity index (χ1) is 21.8. The Morgan fingerprint density at radius 3 is 1.61 bits per heavy atom. The number of aromatic nitrogens is 2. The fourth-order valence-electron chi connectivity index (χ4n) is 6.77. The smallest absolute Gasteiger partial charge is 0.0547 e. The summed E-state index contributed by atoms with van der Waals surface area (Å²) in [6.45, 7) is 0. The Kier molecular flexibility index (Phi) is 5.54. The topological polar surface area (TPSA) is 9.86 Å². The Labute approximate surface area is 255 Å². The summed E-state index contributed by atoms with van der Waals surface area (Å²) >= 11 is 0. The molecule has 206 valence electrons. The first-order valence-corrected chi connectivity index (χ1v) is 15.1. The summed E-state index contributed by atoms with van der Waals surface area (Å²) in [5.41, 5.74) is 10.8. The van der Waals surface area contributed by atoms with E-state index in [1.54, 1.807) is 0 Å². The van der Waals surface area contributed by atoms with Crippen LogP contribution in [0.15, 0.2) is 170 Å². The molecular weight excluding hydrogens is 532 g/mol. The highest BCUT2D eigenvalue weighted by Gasteiger charge is 2.16. The minimum atomic E-state index is 1.16. The molecule has 0 spiro atoms. The average Bonchev–Trinajstić information content (AvgIpc) is 3.65. The summed E-state index contributed by atoms with van der Waals surface area (Å²) in [6.07, 6.45) is 2.17. The molecule has 2 heteroatoms. The van der Waals surface area contributed by atoms with Crippen LogP contribution in [0.1, 0.15) is 0 Å². The van der Waals surface area contributed by atoms with Gasteiger partial charge >= 0.3 is 0 Å². The van der Waals surface area contributed by atoms with Gasteiger partial charge in [0.05, 0.1) is 16.6 Å². The molecule has 0 bridgehead atoms. The van der Waals surface area contributed by atoms with Gasteiger partial charge in [-0.05, 0) is 99.8 Å². The van der Waals surface area contributed by atoms with Gasteiger partial charge in [0.2, 0.25) is 0 Å². The summed E-state index contributed by atoms with van der Waals surface area (Å²) in [5.74, 6) is 0. The molecule has 0 aliphatic carbocycles. The fourth-order valence-corrected chi connectivity index (χ4v) is 6.77. The van der Waals surface area contributed by atoms with E-state index in [-0.39, 0.29) is 0 Å². The molecule has 0 unspecified atom stereocenters. The van der Waals surface area contributed by atoms with Crippen LogP contribution in [-0.4, -0.2) is 9.13 Å². The quantitative estimate of drug-likeness (QED) is 0.203. The third kappa shape index (κ3) is 3.96. The highest BCUT2D eigenvalue weighted by molar-refractivity contribution is 6.15. The molecule has 0 aliphatic heterocycles. The predicted octanol–water partition coefficient (Wildman–Crippen LogP) is 11.2. The van der Waals surface area contributed by atoms with Crippen LogP contribution >= 0.6 is 0 Å². The van der Waals surface area contributed by atoms with Gasteiger partial charge in [-0.15, -0.1) is 0 Å². The molecule has 0 saturated heterocycles. The van der Waals surface area contributed by atoms with E-state index < -0.39 is 0 Å². The van der Waals surface area contributed by atoms with E-state index >= 15 is 0 Å². The van der Waals surface area contributed by atoms with Crippen molar-refractivity contribution in [2.45, 2.75) is 0 Å². The lowest BCUT2D eigenvalue weighted by atomic mass is 9.98. The zero-order chi connectivity index (χ0) is 29.0. The Morgan fingerprint density at radius 2 is 0.909 bits per heavy atom. The van der Waals surface area contributed by atoms with Gasteiger partial charge in [-0.1, -0.05) is 97.1 Å². The maximum atomic E-state index is 2.45. The molecule has 2 nitrogen and oxygen atoms in total. The molecule has 44 heavy (non-hydrogen) atoms. The number of hydrogen-bond donors (Lipinski definition) is 0. The van der Waals surface area contributed by atoms with Gasteiger partial charge in [-0.25, -0.2) is 0 Å². The normalized spacial score (nSPS) is 11.6. The van der Waals surface area contributed by atoms with Crippen LogP contribution in [-0.2, 0) is 0 Å². The van der Waals surface area contributed by atoms with Crippen LogP contribution < -0.4 is 0 Å². The zero-order valence-corrected chi connectivity index (χ0v) is 24.1. The monoisotopic (exact) mass is 560 g/mol. The number of nitrogens with zero attached hydrogens (tertiary/aromatic N) is 2. The minimum Gasteiger partial charge on any atom is -0.317 e. The van der Waals surface area contributed by atoms with Gasteiger partial charge in [0.25, 0.3) is 0 Å². The minimum absolute atomic E-state index is 1.16. The van der Waals surface area contributed by atoms with Gasteiger partial charge in [0.15, 0.2) is 0 Å². The molecule has 0 radical (unpaired) electrons. The third-order valence-electron chi connectivity index (χ3n) is 8.86. The molecule has 0 N–H and O–H groups in total. The van der Waals surface area contributed by atoms with E-state index in [1.165, 1.54) is 71.4 Å². The molecule has 2 heterocycles. The van der Waals surface area contributed by atoms with E-state index in [4.69, 9.17) is 0 Å². The van der Waals surface area contributed by atoms with E-state index in [1.807, 2.05) is 0 Å². The first-order valence-electron chi connectivity index (χ1n) is 15.1. The van der Waals surface area contributed by atoms with Crippen molar-refractivity contribution in [1.82, 2.24) is 9.13 Å². The maximum absolute atomic E-state index is 2.45. The van der Waals surface area contributed by atoms with Crippen molar-refractivity contribution in [1.29, 1.82) is 0 Å². The van der Waals surface area contributed by atoms with E-state index in [0.29, 0.717) is 0 Å². The second-order valence-electron chi connectivity index (χ2n) is 11.5. The van der Waals surface area contributed by atoms with Crippen molar-refractivity contribution in [3.05, 3.63) is 170 Å². The van der Waals surface area contributed by atoms with Crippen LogP contribution in [0.5, 0.6) is 0 Å². The molecule has 0 amide bonds. The highest BCUT2D eigenvalue weighted by atomic mass is 15.0. The van der Waals surface area contributed by atoms with Crippen molar-refractivity contribution in [2.24, 2.45) is 0 Å². The van der Waals surface area contributed by atoms with E-state index in [2.05, 4.69) is 179 Å². The summed E-state index contributed by atoms with van der Waals surface area (Å²) in [5, 5.41) is 6.25. The average molecular weight is 561 g/mol. The Morgan fingerprint density at radius 1 is 0.318 bits per heavy atom. The number of benzene rings is 7. The molecule has 7 aromatic carbocycles. The van der Waals surface area contributed by atoms with Gasteiger partial charge in [0.1, 0.15) is 0 Å². The van der Waals surface area contributed by atoms with Crippen LogP contribution in [0.2, 0.25) is 0 Å². The number of fused-ring (bicyclic) bond motifs is 5.